The van der Waals surface area contributed by atoms with Crippen molar-refractivity contribution in [2.24, 2.45) is 0 Å². The Bertz CT molecular complexity index is 716. The molecule has 2 aromatic heterocycles. The Balaban J connectivity index is 1.70. The molecule has 1 N–H and O–H groups in total. The number of rotatable bonds is 4. The van der Waals surface area contributed by atoms with E-state index in [4.69, 9.17) is 4.74 Å². The summed E-state index contributed by atoms with van der Waals surface area (Å²) in [5.41, 5.74) is -0.295. The number of hydrogen-bond acceptors (Lipinski definition) is 5. The third kappa shape index (κ3) is 3.31. The molecule has 122 valence electrons. The van der Waals surface area contributed by atoms with Crippen LogP contribution in [-0.4, -0.2) is 57.4 Å². The van der Waals surface area contributed by atoms with Crippen LogP contribution in [0.2, 0.25) is 0 Å². The van der Waals surface area contributed by atoms with Crippen molar-refractivity contribution in [3.8, 4) is 5.82 Å². The molecule has 23 heavy (non-hydrogen) atoms. The molecule has 0 saturated carbocycles. The Morgan fingerprint density at radius 1 is 1.39 bits per heavy atom. The normalized spacial score (nSPS) is 15.8. The van der Waals surface area contributed by atoms with E-state index in [1.807, 2.05) is 6.07 Å². The van der Waals surface area contributed by atoms with Crippen molar-refractivity contribution < 1.29 is 9.53 Å². The molecule has 3 rings (SSSR count). The van der Waals surface area contributed by atoms with E-state index in [0.29, 0.717) is 24.7 Å². The van der Waals surface area contributed by atoms with E-state index in [0.717, 1.165) is 12.8 Å². The van der Waals surface area contributed by atoms with Gasteiger partial charge < -0.3 is 9.64 Å². The van der Waals surface area contributed by atoms with Crippen molar-refractivity contribution in [2.75, 3.05) is 26.8 Å². The van der Waals surface area contributed by atoms with Gasteiger partial charge in [-0.25, -0.2) is 9.78 Å². The lowest BCUT2D eigenvalue weighted by atomic mass is 9.96. The van der Waals surface area contributed by atoms with Gasteiger partial charge in [0.25, 0.3) is 0 Å². The van der Waals surface area contributed by atoms with Crippen LogP contribution in [0.5, 0.6) is 0 Å². The van der Waals surface area contributed by atoms with E-state index in [-0.39, 0.29) is 24.1 Å². The number of piperidine rings is 1. The molecule has 0 radical (unpaired) electrons. The molecule has 8 heteroatoms. The van der Waals surface area contributed by atoms with E-state index in [1.54, 1.807) is 23.2 Å². The number of nitrogens with zero attached hydrogens (tertiary/aromatic N) is 4. The van der Waals surface area contributed by atoms with Crippen molar-refractivity contribution in [3.63, 3.8) is 0 Å². The van der Waals surface area contributed by atoms with Crippen LogP contribution >= 0.6 is 0 Å². The summed E-state index contributed by atoms with van der Waals surface area (Å²) >= 11 is 0. The van der Waals surface area contributed by atoms with Gasteiger partial charge in [-0.15, -0.1) is 5.10 Å². The first-order chi connectivity index (χ1) is 11.2. The van der Waals surface area contributed by atoms with E-state index in [9.17, 15) is 9.59 Å². The zero-order valence-electron chi connectivity index (χ0n) is 12.9. The predicted molar refractivity (Wildman–Crippen MR) is 82.4 cm³/mol. The fraction of sp³-hybridized carbons (Fsp3) is 0.467. The van der Waals surface area contributed by atoms with Crippen LogP contribution in [0.3, 0.4) is 0 Å². The average Bonchev–Trinajstić information content (AvgIpc) is 2.98. The van der Waals surface area contributed by atoms with Gasteiger partial charge in [0.15, 0.2) is 5.82 Å². The highest BCUT2D eigenvalue weighted by Gasteiger charge is 2.26. The Kier molecular flexibility index (Phi) is 4.52. The second-order valence-electron chi connectivity index (χ2n) is 5.50. The molecule has 0 aliphatic carbocycles. The average molecular weight is 317 g/mol. The van der Waals surface area contributed by atoms with E-state index in [1.165, 1.54) is 11.8 Å². The van der Waals surface area contributed by atoms with Crippen LogP contribution in [0.4, 0.5) is 0 Å². The van der Waals surface area contributed by atoms with E-state index >= 15 is 0 Å². The van der Waals surface area contributed by atoms with Crippen molar-refractivity contribution in [1.82, 2.24) is 24.6 Å². The SMILES string of the molecule is COCC(=O)N1CCC(c2nn(-c3ccccn3)c(=O)[nH]2)CC1. The lowest BCUT2D eigenvalue weighted by molar-refractivity contribution is -0.136. The molecule has 8 nitrogen and oxygen atoms in total. The maximum atomic E-state index is 12.1. The standard InChI is InChI=1S/C15H19N5O3/c1-23-10-13(21)19-8-5-11(6-9-19)14-17-15(22)20(18-14)12-4-2-3-7-16-12/h2-4,7,11H,5-6,8-10H2,1H3,(H,17,18,22). The lowest BCUT2D eigenvalue weighted by Gasteiger charge is -2.30. The van der Waals surface area contributed by atoms with Crippen molar-refractivity contribution in [2.45, 2.75) is 18.8 Å². The molecule has 1 aliphatic heterocycles. The summed E-state index contributed by atoms with van der Waals surface area (Å²) in [5.74, 6) is 1.28. The molecule has 0 spiro atoms. The number of amides is 1. The third-order valence-electron chi connectivity index (χ3n) is 4.00. The van der Waals surface area contributed by atoms with Crippen LogP contribution in [0.1, 0.15) is 24.6 Å². The first kappa shape index (κ1) is 15.4. The maximum absolute atomic E-state index is 12.1. The molecule has 1 aliphatic rings. The number of carbonyl (C=O) groups is 1. The second kappa shape index (κ2) is 6.74. The smallest absolute Gasteiger partial charge is 0.349 e. The highest BCUT2D eigenvalue weighted by molar-refractivity contribution is 5.77. The molecular formula is C15H19N5O3. The molecule has 1 fully saturated rings. The Morgan fingerprint density at radius 3 is 2.83 bits per heavy atom. The summed E-state index contributed by atoms with van der Waals surface area (Å²) in [4.78, 5) is 32.6. The van der Waals surface area contributed by atoms with Gasteiger partial charge in [0.05, 0.1) is 0 Å². The van der Waals surface area contributed by atoms with Crippen LogP contribution in [0.25, 0.3) is 5.82 Å². The molecule has 0 atom stereocenters. The zero-order valence-corrected chi connectivity index (χ0v) is 12.9. The molecule has 1 amide bonds. The Labute approximate surface area is 133 Å². The van der Waals surface area contributed by atoms with Crippen LogP contribution < -0.4 is 5.69 Å². The number of aromatic nitrogens is 4. The zero-order chi connectivity index (χ0) is 16.2. The van der Waals surface area contributed by atoms with Gasteiger partial charge in [0.1, 0.15) is 12.4 Å². The second-order valence-corrected chi connectivity index (χ2v) is 5.50. The highest BCUT2D eigenvalue weighted by atomic mass is 16.5. The topological polar surface area (TPSA) is 93.1 Å². The van der Waals surface area contributed by atoms with Crippen molar-refractivity contribution >= 4 is 5.91 Å². The van der Waals surface area contributed by atoms with E-state index in [2.05, 4.69) is 15.1 Å². The monoisotopic (exact) mass is 317 g/mol. The first-order valence-electron chi connectivity index (χ1n) is 7.56. The number of pyridine rings is 1. The van der Waals surface area contributed by atoms with Crippen molar-refractivity contribution in [1.29, 1.82) is 0 Å². The minimum atomic E-state index is -0.295. The van der Waals surface area contributed by atoms with Gasteiger partial charge in [-0.3, -0.25) is 9.78 Å². The molecule has 1 saturated heterocycles. The van der Waals surface area contributed by atoms with Gasteiger partial charge in [-0.1, -0.05) is 6.07 Å². The number of carbonyl (C=O) groups excluding carboxylic acids is 1. The predicted octanol–water partition coefficient (Wildman–Crippen LogP) is 0.308. The Morgan fingerprint density at radius 2 is 2.17 bits per heavy atom. The van der Waals surface area contributed by atoms with Crippen LogP contribution in [0.15, 0.2) is 29.2 Å². The van der Waals surface area contributed by atoms with Crippen LogP contribution in [0, 0.1) is 0 Å². The van der Waals surface area contributed by atoms with Gasteiger partial charge in [-0.2, -0.15) is 4.68 Å². The van der Waals surface area contributed by atoms with Gasteiger partial charge in [-0.05, 0) is 25.0 Å². The molecule has 0 bridgehead atoms. The van der Waals surface area contributed by atoms with Crippen molar-refractivity contribution in [3.05, 3.63) is 40.7 Å². The number of likely N-dealkylation sites (tertiary alicyclic amines) is 1. The van der Waals surface area contributed by atoms with Gasteiger partial charge in [0.2, 0.25) is 5.91 Å². The number of hydrogen-bond donors (Lipinski definition) is 1. The molecule has 0 unspecified atom stereocenters. The third-order valence-corrected chi connectivity index (χ3v) is 4.00. The largest absolute Gasteiger partial charge is 0.375 e. The number of H-pyrrole nitrogens is 1. The minimum Gasteiger partial charge on any atom is -0.375 e. The lowest BCUT2D eigenvalue weighted by Crippen LogP contribution is -2.40. The quantitative estimate of drug-likeness (QED) is 0.876. The summed E-state index contributed by atoms with van der Waals surface area (Å²) in [6.45, 7) is 1.40. The number of ether oxygens (including phenoxy) is 1. The maximum Gasteiger partial charge on any atom is 0.349 e. The summed E-state index contributed by atoms with van der Waals surface area (Å²) < 4.78 is 6.15. The summed E-state index contributed by atoms with van der Waals surface area (Å²) in [5, 5.41) is 4.37. The van der Waals surface area contributed by atoms with E-state index < -0.39 is 0 Å². The molecule has 3 heterocycles. The Hall–Kier alpha value is -2.48. The fourth-order valence-corrected chi connectivity index (χ4v) is 2.78. The molecule has 2 aromatic rings. The van der Waals surface area contributed by atoms with Crippen LogP contribution in [-0.2, 0) is 9.53 Å². The molecule has 0 aromatic carbocycles. The number of nitrogens with one attached hydrogen (secondary N) is 1. The molecular weight excluding hydrogens is 298 g/mol. The number of methoxy groups -OCH3 is 1. The summed E-state index contributed by atoms with van der Waals surface area (Å²) in [6, 6.07) is 5.33. The summed E-state index contributed by atoms with van der Waals surface area (Å²) in [7, 11) is 1.51. The fourth-order valence-electron chi connectivity index (χ4n) is 2.78. The summed E-state index contributed by atoms with van der Waals surface area (Å²) in [6.07, 6.45) is 3.16. The van der Waals surface area contributed by atoms with Gasteiger partial charge >= 0.3 is 5.69 Å². The highest BCUT2D eigenvalue weighted by Crippen LogP contribution is 2.25. The van der Waals surface area contributed by atoms with Gasteiger partial charge in [0, 0.05) is 32.3 Å². The first-order valence-corrected chi connectivity index (χ1v) is 7.56. The minimum absolute atomic E-state index is 0.00143. The number of aromatic amines is 1.